The van der Waals surface area contributed by atoms with E-state index in [1.165, 1.54) is 0 Å². The van der Waals surface area contributed by atoms with Gasteiger partial charge in [-0.1, -0.05) is 36.4 Å². The fourth-order valence-corrected chi connectivity index (χ4v) is 3.70. The quantitative estimate of drug-likeness (QED) is 0.387. The first-order valence-corrected chi connectivity index (χ1v) is 11.5. The van der Waals surface area contributed by atoms with Gasteiger partial charge in [0.05, 0.1) is 28.4 Å². The van der Waals surface area contributed by atoms with Gasteiger partial charge in [-0.2, -0.15) is 0 Å². The number of aryl methyl sites for hydroxylation is 1. The van der Waals surface area contributed by atoms with E-state index in [0.29, 0.717) is 61.2 Å². The van der Waals surface area contributed by atoms with Crippen LogP contribution in [-0.2, 0) is 24.2 Å². The second-order valence-corrected chi connectivity index (χ2v) is 7.88. The fourth-order valence-electron chi connectivity index (χ4n) is 3.70. The van der Waals surface area contributed by atoms with Crippen molar-refractivity contribution in [3.8, 4) is 28.7 Å². The summed E-state index contributed by atoms with van der Waals surface area (Å²) in [6.07, 6.45) is 1.53. The summed E-state index contributed by atoms with van der Waals surface area (Å²) in [5.74, 6) is 3.18. The zero-order chi connectivity index (χ0) is 25.0. The van der Waals surface area contributed by atoms with Crippen molar-refractivity contribution in [1.82, 2.24) is 5.32 Å². The number of carbonyl (C=O) groups excluding carboxylic acids is 1. The van der Waals surface area contributed by atoms with Crippen LogP contribution in [0.4, 0.5) is 0 Å². The molecular weight excluding hydrogens is 446 g/mol. The topological polar surface area (TPSA) is 75.3 Å². The van der Waals surface area contributed by atoms with Gasteiger partial charge in [0.1, 0.15) is 12.4 Å². The summed E-state index contributed by atoms with van der Waals surface area (Å²) >= 11 is 0. The van der Waals surface area contributed by atoms with Gasteiger partial charge < -0.3 is 29.0 Å². The second-order valence-electron chi connectivity index (χ2n) is 7.88. The van der Waals surface area contributed by atoms with Crippen molar-refractivity contribution in [3.63, 3.8) is 0 Å². The molecule has 0 aromatic heterocycles. The Morgan fingerprint density at radius 3 is 2.06 bits per heavy atom. The monoisotopic (exact) mass is 479 g/mol. The minimum Gasteiger partial charge on any atom is -0.496 e. The van der Waals surface area contributed by atoms with Gasteiger partial charge in [-0.3, -0.25) is 4.79 Å². The molecular formula is C28H33NO6. The third-order valence-electron chi connectivity index (χ3n) is 5.61. The molecule has 0 fully saturated rings. The minimum atomic E-state index is -0.0316. The van der Waals surface area contributed by atoms with Gasteiger partial charge >= 0.3 is 0 Å². The van der Waals surface area contributed by atoms with Crippen LogP contribution in [0.1, 0.15) is 23.1 Å². The molecule has 0 saturated carbocycles. The van der Waals surface area contributed by atoms with E-state index in [0.717, 1.165) is 16.7 Å². The third-order valence-corrected chi connectivity index (χ3v) is 5.61. The molecule has 0 aliphatic carbocycles. The maximum Gasteiger partial charge on any atom is 0.220 e. The summed E-state index contributed by atoms with van der Waals surface area (Å²) in [5, 5.41) is 2.99. The molecule has 0 bridgehead atoms. The zero-order valence-electron chi connectivity index (χ0n) is 20.8. The molecule has 7 nitrogen and oxygen atoms in total. The highest BCUT2D eigenvalue weighted by atomic mass is 16.5. The van der Waals surface area contributed by atoms with Crippen LogP contribution in [0, 0.1) is 0 Å². The van der Waals surface area contributed by atoms with Crippen molar-refractivity contribution in [1.29, 1.82) is 0 Å². The first-order valence-electron chi connectivity index (χ1n) is 11.5. The molecule has 1 N–H and O–H groups in total. The Morgan fingerprint density at radius 1 is 0.686 bits per heavy atom. The molecule has 0 atom stereocenters. The van der Waals surface area contributed by atoms with Crippen LogP contribution in [0.15, 0.2) is 60.7 Å². The summed E-state index contributed by atoms with van der Waals surface area (Å²) in [4.78, 5) is 12.5. The van der Waals surface area contributed by atoms with E-state index in [2.05, 4.69) is 5.32 Å². The average Bonchev–Trinajstić information content (AvgIpc) is 2.90. The first-order chi connectivity index (χ1) is 17.1. The van der Waals surface area contributed by atoms with E-state index in [9.17, 15) is 4.79 Å². The van der Waals surface area contributed by atoms with Crippen LogP contribution in [0.5, 0.6) is 28.7 Å². The fraction of sp³-hybridized carbons (Fsp3) is 0.321. The van der Waals surface area contributed by atoms with Crippen LogP contribution in [0.25, 0.3) is 0 Å². The molecule has 0 heterocycles. The van der Waals surface area contributed by atoms with Crippen molar-refractivity contribution in [3.05, 3.63) is 77.4 Å². The van der Waals surface area contributed by atoms with Gasteiger partial charge in [0, 0.05) is 19.0 Å². The summed E-state index contributed by atoms with van der Waals surface area (Å²) in [6, 6.07) is 19.4. The lowest BCUT2D eigenvalue weighted by Gasteiger charge is -2.14. The van der Waals surface area contributed by atoms with E-state index < -0.39 is 0 Å². The number of nitrogens with one attached hydrogen (secondary N) is 1. The molecule has 0 spiro atoms. The molecule has 186 valence electrons. The van der Waals surface area contributed by atoms with Crippen molar-refractivity contribution < 1.29 is 28.5 Å². The van der Waals surface area contributed by atoms with E-state index in [1.807, 2.05) is 54.6 Å². The average molecular weight is 480 g/mol. The highest BCUT2D eigenvalue weighted by molar-refractivity contribution is 5.76. The van der Waals surface area contributed by atoms with E-state index >= 15 is 0 Å². The number of hydrogen-bond acceptors (Lipinski definition) is 6. The lowest BCUT2D eigenvalue weighted by Crippen LogP contribution is -2.25. The van der Waals surface area contributed by atoms with Gasteiger partial charge in [-0.25, -0.2) is 0 Å². The lowest BCUT2D eigenvalue weighted by atomic mass is 10.1. The number of hydrogen-bond donors (Lipinski definition) is 1. The smallest absolute Gasteiger partial charge is 0.220 e. The maximum atomic E-state index is 12.5. The largest absolute Gasteiger partial charge is 0.496 e. The van der Waals surface area contributed by atoms with Gasteiger partial charge in [0.25, 0.3) is 0 Å². The van der Waals surface area contributed by atoms with E-state index in [-0.39, 0.29) is 5.91 Å². The standard InChI is InChI=1S/C28H33NO6/c1-31-23-12-10-20(16-27(23)35-19-21-8-6-5-7-9-21)14-15-29-28(30)13-11-22-17-25(33-3)26(34-4)18-24(22)32-2/h5-10,12,16-18H,11,13-15,19H2,1-4H3,(H,29,30). The molecule has 35 heavy (non-hydrogen) atoms. The second kappa shape index (κ2) is 13.1. The number of ether oxygens (including phenoxy) is 5. The molecule has 3 rings (SSSR count). The van der Waals surface area contributed by atoms with Crippen molar-refractivity contribution >= 4 is 5.91 Å². The van der Waals surface area contributed by atoms with Crippen LogP contribution in [0.3, 0.4) is 0 Å². The molecule has 0 aliphatic heterocycles. The number of carbonyl (C=O) groups is 1. The summed E-state index contributed by atoms with van der Waals surface area (Å²) < 4.78 is 27.5. The highest BCUT2D eigenvalue weighted by Gasteiger charge is 2.13. The molecule has 0 unspecified atom stereocenters. The molecule has 7 heteroatoms. The number of methoxy groups -OCH3 is 4. The van der Waals surface area contributed by atoms with Gasteiger partial charge in [-0.15, -0.1) is 0 Å². The predicted octanol–water partition coefficient (Wildman–Crippen LogP) is 4.59. The normalized spacial score (nSPS) is 10.4. The summed E-state index contributed by atoms with van der Waals surface area (Å²) in [5.41, 5.74) is 3.02. The van der Waals surface area contributed by atoms with E-state index in [1.54, 1.807) is 34.5 Å². The number of amides is 1. The van der Waals surface area contributed by atoms with Crippen molar-refractivity contribution in [2.24, 2.45) is 0 Å². The zero-order valence-corrected chi connectivity index (χ0v) is 20.8. The SMILES string of the molecule is COc1cc(OC)c(OC)cc1CCC(=O)NCCc1ccc(OC)c(OCc2ccccc2)c1. The molecule has 3 aromatic rings. The van der Waals surface area contributed by atoms with E-state index in [4.69, 9.17) is 23.7 Å². The van der Waals surface area contributed by atoms with Crippen LogP contribution in [-0.4, -0.2) is 40.9 Å². The molecule has 0 radical (unpaired) electrons. The number of benzene rings is 3. The Kier molecular flexibility index (Phi) is 9.66. The Balaban J connectivity index is 1.52. The van der Waals surface area contributed by atoms with Gasteiger partial charge in [0.2, 0.25) is 5.91 Å². The first kappa shape index (κ1) is 25.7. The summed E-state index contributed by atoms with van der Waals surface area (Å²) in [7, 11) is 6.37. The maximum absolute atomic E-state index is 12.5. The highest BCUT2D eigenvalue weighted by Crippen LogP contribution is 2.35. The van der Waals surface area contributed by atoms with Gasteiger partial charge in [0.15, 0.2) is 23.0 Å². The Hall–Kier alpha value is -3.87. The Morgan fingerprint density at radius 2 is 1.37 bits per heavy atom. The Labute approximate surface area is 206 Å². The number of rotatable bonds is 13. The van der Waals surface area contributed by atoms with Crippen LogP contribution in [0.2, 0.25) is 0 Å². The Bertz CT molecular complexity index is 1100. The third kappa shape index (κ3) is 7.30. The van der Waals surface area contributed by atoms with Crippen LogP contribution >= 0.6 is 0 Å². The molecule has 1 amide bonds. The summed E-state index contributed by atoms with van der Waals surface area (Å²) in [6.45, 7) is 0.976. The van der Waals surface area contributed by atoms with Crippen molar-refractivity contribution in [2.45, 2.75) is 25.9 Å². The van der Waals surface area contributed by atoms with Gasteiger partial charge in [-0.05, 0) is 47.7 Å². The lowest BCUT2D eigenvalue weighted by molar-refractivity contribution is -0.121. The predicted molar refractivity (Wildman–Crippen MR) is 135 cm³/mol. The van der Waals surface area contributed by atoms with Crippen LogP contribution < -0.4 is 29.0 Å². The molecule has 0 saturated heterocycles. The van der Waals surface area contributed by atoms with Crippen molar-refractivity contribution in [2.75, 3.05) is 35.0 Å². The minimum absolute atomic E-state index is 0.0316. The molecule has 0 aliphatic rings. The molecule has 3 aromatic carbocycles.